The number of halogens is 2. The summed E-state index contributed by atoms with van der Waals surface area (Å²) in [5, 5.41) is 2.05. The summed E-state index contributed by atoms with van der Waals surface area (Å²) in [6.45, 7) is 2.09. The summed E-state index contributed by atoms with van der Waals surface area (Å²) in [5.74, 6) is 0. The third-order valence-corrected chi connectivity index (χ3v) is 4.95. The van der Waals surface area contributed by atoms with E-state index in [1.807, 2.05) is 17.5 Å². The molecule has 1 heterocycles. The van der Waals surface area contributed by atoms with Gasteiger partial charge in [0.2, 0.25) is 0 Å². The van der Waals surface area contributed by atoms with E-state index in [1.54, 1.807) is 11.3 Å². The molecule has 0 aliphatic carbocycles. The normalized spacial score (nSPS) is 12.8. The van der Waals surface area contributed by atoms with Crippen molar-refractivity contribution in [2.75, 3.05) is 0 Å². The lowest BCUT2D eigenvalue weighted by molar-refractivity contribution is 0.877. The minimum atomic E-state index is -0.0631. The molecule has 4 heteroatoms. The maximum Gasteiger partial charge on any atom is 0.0660 e. The molecule has 1 nitrogen and oxygen atoms in total. The maximum atomic E-state index is 6.29. The van der Waals surface area contributed by atoms with Gasteiger partial charge in [-0.05, 0) is 57.6 Å². The lowest BCUT2D eigenvalue weighted by atomic mass is 10.0. The quantitative estimate of drug-likeness (QED) is 0.830. The summed E-state index contributed by atoms with van der Waals surface area (Å²) in [4.78, 5) is 1.17. The molecule has 0 fully saturated rings. The molecule has 0 bridgehead atoms. The van der Waals surface area contributed by atoms with Crippen molar-refractivity contribution in [3.63, 3.8) is 0 Å². The van der Waals surface area contributed by atoms with Crippen molar-refractivity contribution >= 4 is 43.2 Å². The second-order valence-electron chi connectivity index (χ2n) is 3.61. The molecule has 1 aromatic carbocycles. The summed E-state index contributed by atoms with van der Waals surface area (Å²) in [6, 6.07) is 8.18. The van der Waals surface area contributed by atoms with Crippen LogP contribution in [0.2, 0.25) is 0 Å². The van der Waals surface area contributed by atoms with Crippen LogP contribution in [-0.4, -0.2) is 0 Å². The largest absolute Gasteiger partial charge is 0.320 e. The Morgan fingerprint density at radius 2 is 2.00 bits per heavy atom. The van der Waals surface area contributed by atoms with Gasteiger partial charge in [-0.25, -0.2) is 0 Å². The molecule has 1 atom stereocenters. The van der Waals surface area contributed by atoms with E-state index in [0.717, 1.165) is 14.5 Å². The van der Waals surface area contributed by atoms with E-state index in [-0.39, 0.29) is 6.04 Å². The Morgan fingerprint density at radius 1 is 1.25 bits per heavy atom. The average Bonchev–Trinajstić information content (AvgIpc) is 2.67. The van der Waals surface area contributed by atoms with Crippen LogP contribution in [0.25, 0.3) is 0 Å². The molecular formula is C12H11Br2NS. The van der Waals surface area contributed by atoms with E-state index in [2.05, 4.69) is 50.9 Å². The zero-order chi connectivity index (χ0) is 11.7. The minimum absolute atomic E-state index is 0.0631. The van der Waals surface area contributed by atoms with Crippen molar-refractivity contribution in [2.24, 2.45) is 5.73 Å². The fraction of sp³-hybridized carbons (Fsp3) is 0.167. The van der Waals surface area contributed by atoms with Crippen LogP contribution in [-0.2, 0) is 0 Å². The summed E-state index contributed by atoms with van der Waals surface area (Å²) < 4.78 is 2.15. The van der Waals surface area contributed by atoms with Gasteiger partial charge in [0.25, 0.3) is 0 Å². The Balaban J connectivity index is 2.45. The molecule has 84 valence electrons. The number of benzene rings is 1. The molecule has 2 aromatic rings. The zero-order valence-corrected chi connectivity index (χ0v) is 12.7. The van der Waals surface area contributed by atoms with E-state index in [9.17, 15) is 0 Å². The molecule has 1 aromatic heterocycles. The van der Waals surface area contributed by atoms with Crippen molar-refractivity contribution in [3.05, 3.63) is 54.6 Å². The van der Waals surface area contributed by atoms with Crippen molar-refractivity contribution in [2.45, 2.75) is 13.0 Å². The SMILES string of the molecule is Cc1ccc(Br)cc1C(N)c1sccc1Br. The fourth-order valence-corrected chi connectivity index (χ4v) is 3.63. The molecular weight excluding hydrogens is 350 g/mol. The van der Waals surface area contributed by atoms with Crippen LogP contribution in [0.5, 0.6) is 0 Å². The first-order valence-electron chi connectivity index (χ1n) is 4.84. The third kappa shape index (κ3) is 2.40. The van der Waals surface area contributed by atoms with Crippen molar-refractivity contribution < 1.29 is 0 Å². The number of rotatable bonds is 2. The maximum absolute atomic E-state index is 6.29. The number of aryl methyl sites for hydroxylation is 1. The third-order valence-electron chi connectivity index (χ3n) is 2.50. The fourth-order valence-electron chi connectivity index (χ4n) is 1.61. The Labute approximate surface area is 116 Å². The van der Waals surface area contributed by atoms with Crippen LogP contribution < -0.4 is 5.73 Å². The van der Waals surface area contributed by atoms with Crippen LogP contribution >= 0.6 is 43.2 Å². The highest BCUT2D eigenvalue weighted by Gasteiger charge is 2.15. The van der Waals surface area contributed by atoms with Crippen LogP contribution in [0.15, 0.2) is 38.6 Å². The van der Waals surface area contributed by atoms with Gasteiger partial charge in [0, 0.05) is 13.8 Å². The highest BCUT2D eigenvalue weighted by atomic mass is 79.9. The van der Waals surface area contributed by atoms with Crippen molar-refractivity contribution in [1.29, 1.82) is 0 Å². The summed E-state index contributed by atoms with van der Waals surface area (Å²) in [5.41, 5.74) is 8.67. The molecule has 0 aliphatic rings. The molecule has 2 rings (SSSR count). The standard InChI is InChI=1S/C12H11Br2NS/c1-7-2-3-8(13)6-9(7)11(15)12-10(14)4-5-16-12/h2-6,11H,15H2,1H3. The molecule has 0 saturated heterocycles. The molecule has 0 amide bonds. The first kappa shape index (κ1) is 12.3. The summed E-state index contributed by atoms with van der Waals surface area (Å²) in [7, 11) is 0. The number of thiophene rings is 1. The van der Waals surface area contributed by atoms with Gasteiger partial charge < -0.3 is 5.73 Å². The van der Waals surface area contributed by atoms with E-state index >= 15 is 0 Å². The van der Waals surface area contributed by atoms with Gasteiger partial charge in [0.15, 0.2) is 0 Å². The number of hydrogen-bond acceptors (Lipinski definition) is 2. The Hall–Kier alpha value is -0.160. The van der Waals surface area contributed by atoms with E-state index in [0.29, 0.717) is 0 Å². The van der Waals surface area contributed by atoms with Gasteiger partial charge >= 0.3 is 0 Å². The zero-order valence-electron chi connectivity index (χ0n) is 8.71. The molecule has 0 spiro atoms. The second-order valence-corrected chi connectivity index (χ2v) is 6.33. The Morgan fingerprint density at radius 3 is 2.62 bits per heavy atom. The molecule has 0 aliphatic heterocycles. The lowest BCUT2D eigenvalue weighted by Crippen LogP contribution is -2.12. The molecule has 0 radical (unpaired) electrons. The molecule has 0 saturated carbocycles. The van der Waals surface area contributed by atoms with E-state index in [4.69, 9.17) is 5.73 Å². The van der Waals surface area contributed by atoms with Gasteiger partial charge in [0.05, 0.1) is 6.04 Å². The van der Waals surface area contributed by atoms with Gasteiger partial charge in [-0.2, -0.15) is 0 Å². The van der Waals surface area contributed by atoms with E-state index < -0.39 is 0 Å². The molecule has 2 N–H and O–H groups in total. The van der Waals surface area contributed by atoms with Crippen LogP contribution in [0, 0.1) is 6.92 Å². The molecule has 1 unspecified atom stereocenters. The predicted molar refractivity (Wildman–Crippen MR) is 76.9 cm³/mol. The van der Waals surface area contributed by atoms with Crippen LogP contribution in [0.3, 0.4) is 0 Å². The van der Waals surface area contributed by atoms with Crippen molar-refractivity contribution in [1.82, 2.24) is 0 Å². The molecule has 16 heavy (non-hydrogen) atoms. The highest BCUT2D eigenvalue weighted by molar-refractivity contribution is 9.10. The van der Waals surface area contributed by atoms with Gasteiger partial charge in [0.1, 0.15) is 0 Å². The Kier molecular flexibility index (Phi) is 3.85. The van der Waals surface area contributed by atoms with Gasteiger partial charge in [-0.15, -0.1) is 11.3 Å². The number of hydrogen-bond donors (Lipinski definition) is 1. The highest BCUT2D eigenvalue weighted by Crippen LogP contribution is 2.33. The number of nitrogens with two attached hydrogens (primary N) is 1. The monoisotopic (exact) mass is 359 g/mol. The first-order valence-corrected chi connectivity index (χ1v) is 7.30. The van der Waals surface area contributed by atoms with E-state index in [1.165, 1.54) is 10.4 Å². The van der Waals surface area contributed by atoms with Gasteiger partial charge in [-0.1, -0.05) is 22.0 Å². The van der Waals surface area contributed by atoms with Crippen molar-refractivity contribution in [3.8, 4) is 0 Å². The predicted octanol–water partition coefficient (Wildman–Crippen LogP) is 4.63. The first-order chi connectivity index (χ1) is 7.59. The topological polar surface area (TPSA) is 26.0 Å². The Bertz CT molecular complexity index is 507. The van der Waals surface area contributed by atoms with Gasteiger partial charge in [-0.3, -0.25) is 0 Å². The smallest absolute Gasteiger partial charge is 0.0660 e. The van der Waals surface area contributed by atoms with Crippen LogP contribution in [0.1, 0.15) is 22.0 Å². The lowest BCUT2D eigenvalue weighted by Gasteiger charge is -2.14. The summed E-state index contributed by atoms with van der Waals surface area (Å²) >= 11 is 8.69. The minimum Gasteiger partial charge on any atom is -0.320 e. The summed E-state index contributed by atoms with van der Waals surface area (Å²) in [6.07, 6.45) is 0. The second kappa shape index (κ2) is 5.00. The van der Waals surface area contributed by atoms with Crippen LogP contribution in [0.4, 0.5) is 0 Å². The average molecular weight is 361 g/mol.